The maximum absolute atomic E-state index is 11.9. The first-order chi connectivity index (χ1) is 9.65. The van der Waals surface area contributed by atoms with Crippen molar-refractivity contribution in [3.8, 4) is 0 Å². The molecule has 0 aromatic carbocycles. The molecule has 1 aromatic rings. The molecule has 7 nitrogen and oxygen atoms in total. The monoisotopic (exact) mass is 297 g/mol. The maximum Gasteiger partial charge on any atom is 0.407 e. The number of ether oxygens (including phenoxy) is 2. The van der Waals surface area contributed by atoms with Gasteiger partial charge in [-0.3, -0.25) is 4.68 Å². The third kappa shape index (κ3) is 4.77. The van der Waals surface area contributed by atoms with Crippen LogP contribution in [-0.4, -0.2) is 34.1 Å². The summed E-state index contributed by atoms with van der Waals surface area (Å²) in [6.45, 7) is 9.29. The van der Waals surface area contributed by atoms with Gasteiger partial charge in [-0.2, -0.15) is 5.10 Å². The number of aryl methyl sites for hydroxylation is 2. The van der Waals surface area contributed by atoms with Crippen molar-refractivity contribution < 1.29 is 19.1 Å². The van der Waals surface area contributed by atoms with Crippen molar-refractivity contribution in [1.82, 2.24) is 15.1 Å². The van der Waals surface area contributed by atoms with Crippen LogP contribution in [0.5, 0.6) is 0 Å². The first-order valence-corrected chi connectivity index (χ1v) is 6.82. The molecule has 0 bridgehead atoms. The molecule has 1 rings (SSSR count). The molecule has 1 amide bonds. The largest absolute Gasteiger partial charge is 0.461 e. The highest BCUT2D eigenvalue weighted by molar-refractivity contribution is 5.89. The number of nitrogens with one attached hydrogen (secondary N) is 1. The smallest absolute Gasteiger partial charge is 0.407 e. The Morgan fingerprint density at radius 2 is 1.95 bits per heavy atom. The first-order valence-electron chi connectivity index (χ1n) is 6.82. The van der Waals surface area contributed by atoms with Crippen LogP contribution in [0.3, 0.4) is 0 Å². The van der Waals surface area contributed by atoms with Gasteiger partial charge in [0.25, 0.3) is 0 Å². The fourth-order valence-electron chi connectivity index (χ4n) is 1.84. The van der Waals surface area contributed by atoms with E-state index in [0.29, 0.717) is 17.0 Å². The fraction of sp³-hybridized carbons (Fsp3) is 0.643. The number of nitrogens with zero attached hydrogens (tertiary/aromatic N) is 2. The average Bonchev–Trinajstić information content (AvgIpc) is 2.59. The molecule has 0 radical (unpaired) electrons. The number of alkyl carbamates (subject to hydrolysis) is 1. The topological polar surface area (TPSA) is 82.4 Å². The number of carbonyl (C=O) groups is 2. The SMILES string of the molecule is CCOC(=O)c1c(CNC(=O)OC(C)(C)C)c(C)nn1C. The van der Waals surface area contributed by atoms with Gasteiger partial charge in [0.05, 0.1) is 18.8 Å². The van der Waals surface area contributed by atoms with E-state index in [1.807, 2.05) is 0 Å². The predicted molar refractivity (Wildman–Crippen MR) is 77.0 cm³/mol. The first kappa shape index (κ1) is 17.0. The van der Waals surface area contributed by atoms with Crippen LogP contribution in [0.1, 0.15) is 49.4 Å². The van der Waals surface area contributed by atoms with Crippen LogP contribution in [0.15, 0.2) is 0 Å². The molecular weight excluding hydrogens is 274 g/mol. The van der Waals surface area contributed by atoms with Crippen LogP contribution >= 0.6 is 0 Å². The Hall–Kier alpha value is -2.05. The molecule has 0 unspecified atom stereocenters. The van der Waals surface area contributed by atoms with E-state index in [2.05, 4.69) is 10.4 Å². The minimum absolute atomic E-state index is 0.155. The zero-order valence-electron chi connectivity index (χ0n) is 13.4. The van der Waals surface area contributed by atoms with Crippen LogP contribution in [0.25, 0.3) is 0 Å². The van der Waals surface area contributed by atoms with Crippen molar-refractivity contribution in [2.24, 2.45) is 7.05 Å². The van der Waals surface area contributed by atoms with E-state index in [-0.39, 0.29) is 13.2 Å². The Balaban J connectivity index is 2.84. The summed E-state index contributed by atoms with van der Waals surface area (Å²) in [5, 5.41) is 6.82. The molecule has 0 aliphatic carbocycles. The molecule has 0 spiro atoms. The molecule has 0 saturated carbocycles. The molecule has 1 heterocycles. The molecule has 1 N–H and O–H groups in total. The van der Waals surface area contributed by atoms with E-state index >= 15 is 0 Å². The summed E-state index contributed by atoms with van der Waals surface area (Å²) in [6.07, 6.45) is -0.541. The van der Waals surface area contributed by atoms with Gasteiger partial charge in [0.1, 0.15) is 5.60 Å². The van der Waals surface area contributed by atoms with Gasteiger partial charge in [0.15, 0.2) is 5.69 Å². The lowest BCUT2D eigenvalue weighted by Gasteiger charge is -2.19. The summed E-state index contributed by atoms with van der Waals surface area (Å²) in [5.41, 5.74) is 1.06. The van der Waals surface area contributed by atoms with Gasteiger partial charge >= 0.3 is 12.1 Å². The number of carbonyl (C=O) groups excluding carboxylic acids is 2. The highest BCUT2D eigenvalue weighted by atomic mass is 16.6. The minimum atomic E-state index is -0.571. The number of hydrogen-bond acceptors (Lipinski definition) is 5. The van der Waals surface area contributed by atoms with Crippen molar-refractivity contribution in [3.63, 3.8) is 0 Å². The fourth-order valence-corrected chi connectivity index (χ4v) is 1.84. The quantitative estimate of drug-likeness (QED) is 0.859. The van der Waals surface area contributed by atoms with Crippen molar-refractivity contribution >= 4 is 12.1 Å². The van der Waals surface area contributed by atoms with Crippen molar-refractivity contribution in [2.45, 2.75) is 46.8 Å². The van der Waals surface area contributed by atoms with E-state index in [1.54, 1.807) is 41.7 Å². The molecule has 0 aliphatic heterocycles. The molecule has 21 heavy (non-hydrogen) atoms. The van der Waals surface area contributed by atoms with E-state index < -0.39 is 17.7 Å². The van der Waals surface area contributed by atoms with Crippen molar-refractivity contribution in [3.05, 3.63) is 17.0 Å². The van der Waals surface area contributed by atoms with Crippen LogP contribution in [0.2, 0.25) is 0 Å². The standard InChI is InChI=1S/C14H23N3O4/c1-7-20-12(18)11-10(9(2)16-17(11)6)8-15-13(19)21-14(3,4)5/h7-8H2,1-6H3,(H,15,19). The van der Waals surface area contributed by atoms with E-state index in [9.17, 15) is 9.59 Å². The lowest BCUT2D eigenvalue weighted by atomic mass is 10.2. The van der Waals surface area contributed by atoms with Crippen LogP contribution < -0.4 is 5.32 Å². The summed E-state index contributed by atoms with van der Waals surface area (Å²) >= 11 is 0. The zero-order chi connectivity index (χ0) is 16.2. The van der Waals surface area contributed by atoms with Gasteiger partial charge in [0, 0.05) is 12.6 Å². The van der Waals surface area contributed by atoms with Crippen LogP contribution in [-0.2, 0) is 23.1 Å². The van der Waals surface area contributed by atoms with Crippen LogP contribution in [0.4, 0.5) is 4.79 Å². The molecule has 0 fully saturated rings. The number of esters is 1. The number of rotatable bonds is 4. The highest BCUT2D eigenvalue weighted by Gasteiger charge is 2.22. The van der Waals surface area contributed by atoms with Gasteiger partial charge in [-0.1, -0.05) is 0 Å². The van der Waals surface area contributed by atoms with Crippen LogP contribution in [0, 0.1) is 6.92 Å². The van der Waals surface area contributed by atoms with Gasteiger partial charge in [0.2, 0.25) is 0 Å². The summed E-state index contributed by atoms with van der Waals surface area (Å²) < 4.78 is 11.6. The molecule has 7 heteroatoms. The second-order valence-corrected chi connectivity index (χ2v) is 5.61. The summed E-state index contributed by atoms with van der Waals surface area (Å²) in [6, 6.07) is 0. The van der Waals surface area contributed by atoms with E-state index in [1.165, 1.54) is 4.68 Å². The van der Waals surface area contributed by atoms with Gasteiger partial charge in [-0.05, 0) is 34.6 Å². The normalized spacial score (nSPS) is 11.1. The second-order valence-electron chi connectivity index (χ2n) is 5.61. The molecule has 0 atom stereocenters. The number of amides is 1. The molecular formula is C14H23N3O4. The van der Waals surface area contributed by atoms with Crippen molar-refractivity contribution in [2.75, 3.05) is 6.61 Å². The number of aromatic nitrogens is 2. The summed E-state index contributed by atoms with van der Waals surface area (Å²) in [5.74, 6) is -0.457. The van der Waals surface area contributed by atoms with Crippen molar-refractivity contribution in [1.29, 1.82) is 0 Å². The predicted octanol–water partition coefficient (Wildman–Crippen LogP) is 1.93. The Bertz CT molecular complexity index is 529. The number of hydrogen-bond donors (Lipinski definition) is 1. The molecule has 0 aliphatic rings. The lowest BCUT2D eigenvalue weighted by Crippen LogP contribution is -2.32. The summed E-state index contributed by atoms with van der Waals surface area (Å²) in [7, 11) is 1.66. The Morgan fingerprint density at radius 1 is 1.33 bits per heavy atom. The molecule has 118 valence electrons. The third-order valence-electron chi connectivity index (χ3n) is 2.62. The zero-order valence-corrected chi connectivity index (χ0v) is 13.4. The molecule has 0 saturated heterocycles. The van der Waals surface area contributed by atoms with Gasteiger partial charge in [-0.25, -0.2) is 9.59 Å². The van der Waals surface area contributed by atoms with Gasteiger partial charge in [-0.15, -0.1) is 0 Å². The Labute approximate surface area is 124 Å². The van der Waals surface area contributed by atoms with Gasteiger partial charge < -0.3 is 14.8 Å². The Kier molecular flexibility index (Phi) is 5.34. The lowest BCUT2D eigenvalue weighted by molar-refractivity contribution is 0.0495. The Morgan fingerprint density at radius 3 is 2.48 bits per heavy atom. The summed E-state index contributed by atoms with van der Waals surface area (Å²) in [4.78, 5) is 23.6. The highest BCUT2D eigenvalue weighted by Crippen LogP contribution is 2.15. The second kappa shape index (κ2) is 6.60. The molecule has 1 aromatic heterocycles. The third-order valence-corrected chi connectivity index (χ3v) is 2.62. The van der Waals surface area contributed by atoms with E-state index in [0.717, 1.165) is 0 Å². The maximum atomic E-state index is 11.9. The average molecular weight is 297 g/mol. The minimum Gasteiger partial charge on any atom is -0.461 e. The van der Waals surface area contributed by atoms with E-state index in [4.69, 9.17) is 9.47 Å².